The molecule has 98 valence electrons. The first-order valence-corrected chi connectivity index (χ1v) is 6.43. The van der Waals surface area contributed by atoms with E-state index in [1.165, 1.54) is 0 Å². The van der Waals surface area contributed by atoms with Crippen LogP contribution in [-0.2, 0) is 0 Å². The van der Waals surface area contributed by atoms with Gasteiger partial charge in [-0.1, -0.05) is 35.3 Å². The minimum absolute atomic E-state index is 0.0370. The van der Waals surface area contributed by atoms with E-state index in [-0.39, 0.29) is 15.7 Å². The van der Waals surface area contributed by atoms with Crippen molar-refractivity contribution in [2.75, 3.05) is 5.32 Å². The van der Waals surface area contributed by atoms with Crippen molar-refractivity contribution in [2.45, 2.75) is 4.90 Å². The summed E-state index contributed by atoms with van der Waals surface area (Å²) in [5.41, 5.74) is 0.550. The third-order valence-corrected chi connectivity index (χ3v) is 3.38. The smallest absolute Gasteiger partial charge is 0.256 e. The van der Waals surface area contributed by atoms with Gasteiger partial charge in [0.1, 0.15) is 5.82 Å². The average Bonchev–Trinajstić information content (AvgIpc) is 2.34. The molecule has 2 aromatic carbocycles. The van der Waals surface area contributed by atoms with Gasteiger partial charge in [0.15, 0.2) is 0 Å². The molecule has 19 heavy (non-hydrogen) atoms. The van der Waals surface area contributed by atoms with Crippen LogP contribution >= 0.6 is 35.8 Å². The molecule has 0 aliphatic heterocycles. The van der Waals surface area contributed by atoms with E-state index in [9.17, 15) is 9.18 Å². The van der Waals surface area contributed by atoms with Crippen LogP contribution in [0.3, 0.4) is 0 Å². The largest absolute Gasteiger partial charge is 0.319 e. The van der Waals surface area contributed by atoms with E-state index in [4.69, 9.17) is 23.2 Å². The van der Waals surface area contributed by atoms with Crippen molar-refractivity contribution in [3.8, 4) is 0 Å². The van der Waals surface area contributed by atoms with E-state index in [0.717, 1.165) is 12.1 Å². The number of hydrogen-bond acceptors (Lipinski definition) is 2. The number of hydrogen-bond donors (Lipinski definition) is 2. The molecule has 0 bridgehead atoms. The number of amides is 1. The molecule has 0 spiro atoms. The number of carbonyl (C=O) groups excluding carboxylic acids is 1. The van der Waals surface area contributed by atoms with Gasteiger partial charge >= 0.3 is 0 Å². The Morgan fingerprint density at radius 1 is 1.16 bits per heavy atom. The van der Waals surface area contributed by atoms with E-state index in [1.807, 2.05) is 0 Å². The molecule has 0 unspecified atom stereocenters. The molecule has 1 N–H and O–H groups in total. The predicted octanol–water partition coefficient (Wildman–Crippen LogP) is 4.67. The summed E-state index contributed by atoms with van der Waals surface area (Å²) < 4.78 is 13.0. The quantitative estimate of drug-likeness (QED) is 0.774. The van der Waals surface area contributed by atoms with Crippen LogP contribution in [0.1, 0.15) is 10.4 Å². The number of halogens is 3. The molecule has 1 amide bonds. The number of benzene rings is 2. The van der Waals surface area contributed by atoms with E-state index in [2.05, 4.69) is 17.9 Å². The van der Waals surface area contributed by atoms with Gasteiger partial charge in [0.05, 0.1) is 21.3 Å². The van der Waals surface area contributed by atoms with Crippen molar-refractivity contribution in [1.29, 1.82) is 0 Å². The summed E-state index contributed by atoms with van der Waals surface area (Å²) in [6.07, 6.45) is 0. The second-order valence-electron chi connectivity index (χ2n) is 3.72. The molecular formula is C13H8Cl2FNOS. The Morgan fingerprint density at radius 2 is 1.74 bits per heavy atom. The summed E-state index contributed by atoms with van der Waals surface area (Å²) in [6.45, 7) is 0. The van der Waals surface area contributed by atoms with E-state index < -0.39 is 11.7 Å². The highest BCUT2D eigenvalue weighted by Gasteiger charge is 2.14. The maximum atomic E-state index is 13.0. The van der Waals surface area contributed by atoms with Gasteiger partial charge < -0.3 is 5.32 Å². The van der Waals surface area contributed by atoms with Crippen LogP contribution in [0.25, 0.3) is 0 Å². The normalized spacial score (nSPS) is 10.3. The molecule has 0 heterocycles. The van der Waals surface area contributed by atoms with E-state index >= 15 is 0 Å². The Kier molecular flexibility index (Phi) is 4.34. The van der Waals surface area contributed by atoms with Crippen molar-refractivity contribution in [1.82, 2.24) is 0 Å². The second-order valence-corrected chi connectivity index (χ2v) is 5.01. The zero-order chi connectivity index (χ0) is 14.0. The van der Waals surface area contributed by atoms with Gasteiger partial charge in [0, 0.05) is 4.90 Å². The summed E-state index contributed by atoms with van der Waals surface area (Å²) in [5.74, 6) is -0.983. The van der Waals surface area contributed by atoms with Gasteiger partial charge in [-0.25, -0.2) is 4.39 Å². The number of thiol groups is 1. The number of carbonyl (C=O) groups is 1. The highest BCUT2D eigenvalue weighted by Crippen LogP contribution is 2.32. The first-order chi connectivity index (χ1) is 8.99. The molecule has 2 aromatic rings. The summed E-state index contributed by atoms with van der Waals surface area (Å²) in [4.78, 5) is 12.6. The van der Waals surface area contributed by atoms with Crippen molar-refractivity contribution >= 4 is 47.4 Å². The van der Waals surface area contributed by atoms with Crippen molar-refractivity contribution in [3.05, 3.63) is 57.8 Å². The van der Waals surface area contributed by atoms with Crippen molar-refractivity contribution in [2.24, 2.45) is 0 Å². The molecule has 0 saturated heterocycles. The lowest BCUT2D eigenvalue weighted by Gasteiger charge is -2.10. The van der Waals surface area contributed by atoms with Crippen molar-refractivity contribution in [3.63, 3.8) is 0 Å². The first-order valence-electron chi connectivity index (χ1n) is 5.23. The Bertz CT molecular complexity index is 625. The maximum absolute atomic E-state index is 13.0. The Balaban J connectivity index is 2.32. The van der Waals surface area contributed by atoms with E-state index in [1.54, 1.807) is 24.3 Å². The monoisotopic (exact) mass is 315 g/mol. The SMILES string of the molecule is O=C(Nc1c(Cl)cc(F)cc1Cl)c1ccccc1S. The van der Waals surface area contributed by atoms with Crippen molar-refractivity contribution < 1.29 is 9.18 Å². The van der Waals surface area contributed by atoms with Gasteiger partial charge in [-0.3, -0.25) is 4.79 Å². The van der Waals surface area contributed by atoms with Crippen LogP contribution in [0, 0.1) is 5.82 Å². The third kappa shape index (κ3) is 3.21. The van der Waals surface area contributed by atoms with Crippen LogP contribution in [0.4, 0.5) is 10.1 Å². The maximum Gasteiger partial charge on any atom is 0.256 e. The van der Waals surface area contributed by atoms with Gasteiger partial charge in [-0.15, -0.1) is 12.6 Å². The van der Waals surface area contributed by atoms with Gasteiger partial charge in [0.25, 0.3) is 5.91 Å². The topological polar surface area (TPSA) is 29.1 Å². The second kappa shape index (κ2) is 5.82. The molecular weight excluding hydrogens is 308 g/mol. The molecule has 2 rings (SSSR count). The Morgan fingerprint density at radius 3 is 2.32 bits per heavy atom. The first kappa shape index (κ1) is 14.2. The molecule has 0 atom stereocenters. The molecule has 0 saturated carbocycles. The van der Waals surface area contributed by atoms with Gasteiger partial charge in [-0.05, 0) is 24.3 Å². The minimum Gasteiger partial charge on any atom is -0.319 e. The lowest BCUT2D eigenvalue weighted by molar-refractivity contribution is 0.102. The number of anilines is 1. The van der Waals surface area contributed by atoms with Crippen LogP contribution < -0.4 is 5.32 Å². The summed E-state index contributed by atoms with van der Waals surface area (Å²) >= 11 is 15.9. The standard InChI is InChI=1S/C13H8Cl2FNOS/c14-9-5-7(16)6-10(15)12(9)17-13(18)8-3-1-2-4-11(8)19/h1-6,19H,(H,17,18). The fourth-order valence-corrected chi connectivity index (χ4v) is 2.33. The van der Waals surface area contributed by atoms with Gasteiger partial charge in [-0.2, -0.15) is 0 Å². The molecule has 0 aliphatic carbocycles. The predicted molar refractivity (Wildman–Crippen MR) is 78.1 cm³/mol. The zero-order valence-corrected chi connectivity index (χ0v) is 11.9. The minimum atomic E-state index is -0.567. The zero-order valence-electron chi connectivity index (χ0n) is 9.45. The molecule has 6 heteroatoms. The summed E-state index contributed by atoms with van der Waals surface area (Å²) in [7, 11) is 0. The Hall–Kier alpha value is -1.23. The highest BCUT2D eigenvalue weighted by atomic mass is 35.5. The molecule has 0 fully saturated rings. The van der Waals surface area contributed by atoms with Gasteiger partial charge in [0.2, 0.25) is 0 Å². The molecule has 0 radical (unpaired) electrons. The van der Waals surface area contributed by atoms with Crippen LogP contribution in [0.5, 0.6) is 0 Å². The highest BCUT2D eigenvalue weighted by molar-refractivity contribution is 7.80. The summed E-state index contributed by atoms with van der Waals surface area (Å²) in [5, 5.41) is 2.62. The Labute approximate surface area is 124 Å². The number of rotatable bonds is 2. The van der Waals surface area contributed by atoms with Crippen LogP contribution in [-0.4, -0.2) is 5.91 Å². The molecule has 0 aromatic heterocycles. The fraction of sp³-hybridized carbons (Fsp3) is 0. The number of nitrogens with one attached hydrogen (secondary N) is 1. The lowest BCUT2D eigenvalue weighted by atomic mass is 10.2. The lowest BCUT2D eigenvalue weighted by Crippen LogP contribution is -2.13. The average molecular weight is 316 g/mol. The van der Waals surface area contributed by atoms with Crippen LogP contribution in [0.2, 0.25) is 10.0 Å². The third-order valence-electron chi connectivity index (χ3n) is 2.39. The molecule has 2 nitrogen and oxygen atoms in total. The van der Waals surface area contributed by atoms with Crippen LogP contribution in [0.15, 0.2) is 41.3 Å². The molecule has 0 aliphatic rings. The summed E-state index contributed by atoms with van der Waals surface area (Å²) in [6, 6.07) is 8.93. The fourth-order valence-electron chi connectivity index (χ4n) is 1.51. The van der Waals surface area contributed by atoms with E-state index in [0.29, 0.717) is 10.5 Å².